The van der Waals surface area contributed by atoms with Gasteiger partial charge in [0.25, 0.3) is 0 Å². The van der Waals surface area contributed by atoms with Crippen molar-refractivity contribution in [2.75, 3.05) is 0 Å². The summed E-state index contributed by atoms with van der Waals surface area (Å²) in [6, 6.07) is 6.78. The predicted molar refractivity (Wildman–Crippen MR) is 91.3 cm³/mol. The van der Waals surface area contributed by atoms with Gasteiger partial charge in [0.1, 0.15) is 0 Å². The van der Waals surface area contributed by atoms with Crippen LogP contribution in [0.1, 0.15) is 56.6 Å². The number of hydrogen-bond acceptors (Lipinski definition) is 1. The molecule has 2 heteroatoms. The molecule has 1 aromatic rings. The van der Waals surface area contributed by atoms with Crippen LogP contribution in [0, 0.1) is 17.8 Å². The highest BCUT2D eigenvalue weighted by molar-refractivity contribution is 9.10. The van der Waals surface area contributed by atoms with Crippen LogP contribution < -0.4 is 5.32 Å². The van der Waals surface area contributed by atoms with Crippen molar-refractivity contribution < 1.29 is 0 Å². The van der Waals surface area contributed by atoms with Crippen molar-refractivity contribution >= 4 is 15.9 Å². The third kappa shape index (κ3) is 2.70. The van der Waals surface area contributed by atoms with Crippen molar-refractivity contribution in [3.05, 3.63) is 33.8 Å². The summed E-state index contributed by atoms with van der Waals surface area (Å²) in [4.78, 5) is 0. The second-order valence-electron chi connectivity index (χ2n) is 7.82. The Bertz CT molecular complexity index is 501. The molecule has 114 valence electrons. The van der Waals surface area contributed by atoms with Crippen LogP contribution in [0.5, 0.6) is 0 Å². The molecule has 4 saturated carbocycles. The van der Waals surface area contributed by atoms with Crippen LogP contribution in [0.2, 0.25) is 0 Å². The van der Waals surface area contributed by atoms with E-state index in [2.05, 4.69) is 46.4 Å². The molecule has 1 nitrogen and oxygen atoms in total. The molecule has 0 radical (unpaired) electrons. The maximum absolute atomic E-state index is 4.02. The molecular weight excluding hydrogens is 322 g/mol. The van der Waals surface area contributed by atoms with Crippen molar-refractivity contribution in [1.29, 1.82) is 0 Å². The lowest BCUT2D eigenvalue weighted by atomic mass is 9.53. The third-order valence-electron chi connectivity index (χ3n) is 6.24. The van der Waals surface area contributed by atoms with E-state index in [0.717, 1.165) is 30.7 Å². The molecule has 0 spiro atoms. The van der Waals surface area contributed by atoms with E-state index in [1.165, 1.54) is 54.1 Å². The summed E-state index contributed by atoms with van der Waals surface area (Å²) in [5.74, 6) is 3.08. The lowest BCUT2D eigenvalue weighted by Crippen LogP contribution is -2.58. The SMILES string of the molecule is CCc1cc(Br)ccc1CNC12CC3CC(CC(C3)C1)C2. The fraction of sp³-hybridized carbons (Fsp3) is 0.684. The van der Waals surface area contributed by atoms with Gasteiger partial charge in [-0.1, -0.05) is 28.9 Å². The topological polar surface area (TPSA) is 12.0 Å². The summed E-state index contributed by atoms with van der Waals surface area (Å²) < 4.78 is 1.21. The zero-order valence-corrected chi connectivity index (χ0v) is 14.6. The summed E-state index contributed by atoms with van der Waals surface area (Å²) >= 11 is 3.60. The molecule has 0 aliphatic heterocycles. The van der Waals surface area contributed by atoms with Crippen LogP contribution in [0.3, 0.4) is 0 Å². The van der Waals surface area contributed by atoms with Gasteiger partial charge in [-0.3, -0.25) is 0 Å². The quantitative estimate of drug-likeness (QED) is 0.801. The van der Waals surface area contributed by atoms with E-state index in [1.54, 1.807) is 0 Å². The first-order valence-corrected chi connectivity index (χ1v) is 9.47. The van der Waals surface area contributed by atoms with E-state index in [4.69, 9.17) is 0 Å². The summed E-state index contributed by atoms with van der Waals surface area (Å²) in [7, 11) is 0. The molecule has 1 aromatic carbocycles. The molecule has 0 saturated heterocycles. The van der Waals surface area contributed by atoms with E-state index in [-0.39, 0.29) is 0 Å². The summed E-state index contributed by atoms with van der Waals surface area (Å²) in [6.07, 6.45) is 10.0. The zero-order chi connectivity index (χ0) is 14.4. The Morgan fingerprint density at radius 1 is 1.05 bits per heavy atom. The Kier molecular flexibility index (Phi) is 3.66. The summed E-state index contributed by atoms with van der Waals surface area (Å²) in [6.45, 7) is 3.32. The van der Waals surface area contributed by atoms with E-state index < -0.39 is 0 Å². The fourth-order valence-electron chi connectivity index (χ4n) is 5.71. The minimum Gasteiger partial charge on any atom is -0.307 e. The van der Waals surface area contributed by atoms with Gasteiger partial charge in [-0.2, -0.15) is 0 Å². The van der Waals surface area contributed by atoms with Crippen LogP contribution in [0.25, 0.3) is 0 Å². The maximum atomic E-state index is 4.02. The Morgan fingerprint density at radius 3 is 2.24 bits per heavy atom. The van der Waals surface area contributed by atoms with Gasteiger partial charge in [0.15, 0.2) is 0 Å². The van der Waals surface area contributed by atoms with E-state index in [0.29, 0.717) is 5.54 Å². The molecule has 0 amide bonds. The van der Waals surface area contributed by atoms with Gasteiger partial charge in [0.05, 0.1) is 0 Å². The predicted octanol–water partition coefficient (Wildman–Crippen LogP) is 5.07. The Morgan fingerprint density at radius 2 is 1.67 bits per heavy atom. The minimum absolute atomic E-state index is 0.479. The van der Waals surface area contributed by atoms with Gasteiger partial charge in [0.2, 0.25) is 0 Å². The number of halogens is 1. The summed E-state index contributed by atoms with van der Waals surface area (Å²) in [5, 5.41) is 4.02. The van der Waals surface area contributed by atoms with Gasteiger partial charge >= 0.3 is 0 Å². The van der Waals surface area contributed by atoms with Gasteiger partial charge in [-0.15, -0.1) is 0 Å². The fourth-order valence-corrected chi connectivity index (χ4v) is 6.11. The average molecular weight is 348 g/mol. The number of rotatable bonds is 4. The van der Waals surface area contributed by atoms with Crippen molar-refractivity contribution in [3.63, 3.8) is 0 Å². The lowest BCUT2D eigenvalue weighted by molar-refractivity contribution is -0.0206. The standard InChI is InChI=1S/C19H26BrN/c1-2-16-8-18(20)4-3-17(16)12-21-19-9-13-5-14(10-19)7-15(6-13)11-19/h3-4,8,13-15,21H,2,5-7,9-12H2,1H3. The molecule has 1 N–H and O–H groups in total. The molecule has 21 heavy (non-hydrogen) atoms. The molecule has 4 aliphatic rings. The number of benzene rings is 1. The largest absolute Gasteiger partial charge is 0.307 e. The van der Waals surface area contributed by atoms with Gasteiger partial charge in [-0.05, 0) is 86.0 Å². The monoisotopic (exact) mass is 347 g/mol. The summed E-state index contributed by atoms with van der Waals surface area (Å²) in [5.41, 5.74) is 3.46. The molecule has 0 heterocycles. The Balaban J connectivity index is 1.49. The zero-order valence-electron chi connectivity index (χ0n) is 13.0. The normalized spacial score (nSPS) is 37.1. The van der Waals surface area contributed by atoms with Gasteiger partial charge < -0.3 is 5.32 Å². The highest BCUT2D eigenvalue weighted by Gasteiger charge is 2.50. The second-order valence-corrected chi connectivity index (χ2v) is 8.73. The lowest BCUT2D eigenvalue weighted by Gasteiger charge is -2.57. The van der Waals surface area contributed by atoms with Gasteiger partial charge in [-0.25, -0.2) is 0 Å². The molecular formula is C19H26BrN. The van der Waals surface area contributed by atoms with Crippen LogP contribution in [-0.4, -0.2) is 5.54 Å². The molecule has 4 aliphatic carbocycles. The van der Waals surface area contributed by atoms with E-state index >= 15 is 0 Å². The molecule has 4 fully saturated rings. The first kappa shape index (κ1) is 14.3. The highest BCUT2D eigenvalue weighted by atomic mass is 79.9. The van der Waals surface area contributed by atoms with Gasteiger partial charge in [0, 0.05) is 16.6 Å². The maximum Gasteiger partial charge on any atom is 0.0213 e. The molecule has 5 rings (SSSR count). The molecule has 0 aromatic heterocycles. The van der Waals surface area contributed by atoms with Crippen LogP contribution in [0.4, 0.5) is 0 Å². The van der Waals surface area contributed by atoms with E-state index in [1.807, 2.05) is 0 Å². The molecule has 4 bridgehead atoms. The molecule has 0 unspecified atom stereocenters. The minimum atomic E-state index is 0.479. The Labute approximate surface area is 137 Å². The smallest absolute Gasteiger partial charge is 0.0213 e. The number of hydrogen-bond donors (Lipinski definition) is 1. The van der Waals surface area contributed by atoms with Crippen LogP contribution in [-0.2, 0) is 13.0 Å². The Hall–Kier alpha value is -0.340. The van der Waals surface area contributed by atoms with Crippen LogP contribution >= 0.6 is 15.9 Å². The average Bonchev–Trinajstić information content (AvgIpc) is 2.44. The second kappa shape index (κ2) is 5.38. The first-order valence-electron chi connectivity index (χ1n) is 8.68. The van der Waals surface area contributed by atoms with Crippen molar-refractivity contribution in [2.24, 2.45) is 17.8 Å². The third-order valence-corrected chi connectivity index (χ3v) is 6.73. The number of nitrogens with one attached hydrogen (secondary N) is 1. The number of aryl methyl sites for hydroxylation is 1. The highest BCUT2D eigenvalue weighted by Crippen LogP contribution is 2.55. The van der Waals surface area contributed by atoms with Crippen molar-refractivity contribution in [1.82, 2.24) is 5.32 Å². The van der Waals surface area contributed by atoms with Crippen LogP contribution in [0.15, 0.2) is 22.7 Å². The first-order chi connectivity index (χ1) is 10.2. The van der Waals surface area contributed by atoms with E-state index in [9.17, 15) is 0 Å². The molecule has 0 atom stereocenters. The van der Waals surface area contributed by atoms with Crippen molar-refractivity contribution in [2.45, 2.75) is 64.0 Å². The van der Waals surface area contributed by atoms with Crippen molar-refractivity contribution in [3.8, 4) is 0 Å².